The van der Waals surface area contributed by atoms with Gasteiger partial charge in [0.15, 0.2) is 6.61 Å². The summed E-state index contributed by atoms with van der Waals surface area (Å²) in [6, 6.07) is 10.5. The van der Waals surface area contributed by atoms with Gasteiger partial charge in [-0.2, -0.15) is 13.2 Å². The molecule has 0 saturated carbocycles. The molecule has 0 aliphatic carbocycles. The summed E-state index contributed by atoms with van der Waals surface area (Å²) in [7, 11) is -3.28. The number of carbonyl (C=O) groups is 1. The quantitative estimate of drug-likeness (QED) is 0.627. The standard InChI is InChI=1S/C20H18ClF3N2O4S/c21-15-5-8-18(30-13-20(22,23)24)17(12-15)25-19(27)9-4-14-2-6-16(7-3-14)26-10-1-11-31(26,28)29/h2-9,12H,1,10-11,13H2,(H,25,27)/b9-4+. The third-order valence-corrected chi connectivity index (χ3v) is 6.40. The topological polar surface area (TPSA) is 75.7 Å². The van der Waals surface area contributed by atoms with Crippen molar-refractivity contribution < 1.29 is 31.1 Å². The number of hydrogen-bond donors (Lipinski definition) is 1. The fourth-order valence-corrected chi connectivity index (χ4v) is 4.65. The molecule has 1 saturated heterocycles. The average Bonchev–Trinajstić information content (AvgIpc) is 3.04. The van der Waals surface area contributed by atoms with Gasteiger partial charge in [0.1, 0.15) is 5.75 Å². The first-order valence-corrected chi connectivity index (χ1v) is 11.1. The van der Waals surface area contributed by atoms with Gasteiger partial charge in [-0.25, -0.2) is 8.42 Å². The summed E-state index contributed by atoms with van der Waals surface area (Å²) in [6.07, 6.45) is -1.28. The second-order valence-electron chi connectivity index (χ2n) is 6.70. The van der Waals surface area contributed by atoms with E-state index in [4.69, 9.17) is 16.3 Å². The van der Waals surface area contributed by atoms with Crippen LogP contribution in [0.5, 0.6) is 5.75 Å². The van der Waals surface area contributed by atoms with E-state index in [0.29, 0.717) is 24.2 Å². The van der Waals surface area contributed by atoms with Crippen molar-refractivity contribution in [3.63, 3.8) is 0 Å². The third-order valence-electron chi connectivity index (χ3n) is 4.30. The fourth-order valence-electron chi connectivity index (χ4n) is 2.91. The summed E-state index contributed by atoms with van der Waals surface area (Å²) in [5.41, 5.74) is 1.18. The molecule has 1 N–H and O–H groups in total. The van der Waals surface area contributed by atoms with Crippen LogP contribution in [-0.2, 0) is 14.8 Å². The van der Waals surface area contributed by atoms with E-state index in [1.807, 2.05) is 0 Å². The van der Waals surface area contributed by atoms with E-state index in [9.17, 15) is 26.4 Å². The van der Waals surface area contributed by atoms with Crippen molar-refractivity contribution in [1.29, 1.82) is 0 Å². The van der Waals surface area contributed by atoms with Crippen LogP contribution in [0.25, 0.3) is 6.08 Å². The van der Waals surface area contributed by atoms with E-state index in [1.165, 1.54) is 34.7 Å². The van der Waals surface area contributed by atoms with Crippen LogP contribution < -0.4 is 14.4 Å². The first kappa shape index (κ1) is 23.0. The van der Waals surface area contributed by atoms with Gasteiger partial charge in [0.05, 0.1) is 17.1 Å². The summed E-state index contributed by atoms with van der Waals surface area (Å²) in [6.45, 7) is -1.08. The Morgan fingerprint density at radius 3 is 2.52 bits per heavy atom. The van der Waals surface area contributed by atoms with E-state index in [2.05, 4.69) is 5.32 Å². The molecule has 6 nitrogen and oxygen atoms in total. The van der Waals surface area contributed by atoms with Crippen molar-refractivity contribution in [1.82, 2.24) is 0 Å². The van der Waals surface area contributed by atoms with Crippen LogP contribution in [0.1, 0.15) is 12.0 Å². The normalized spacial score (nSPS) is 15.9. The number of amides is 1. The molecule has 1 aliphatic heterocycles. The second-order valence-corrected chi connectivity index (χ2v) is 9.15. The van der Waals surface area contributed by atoms with E-state index < -0.39 is 28.7 Å². The second kappa shape index (κ2) is 9.19. The number of alkyl halides is 3. The van der Waals surface area contributed by atoms with Crippen LogP contribution in [0.3, 0.4) is 0 Å². The molecule has 11 heteroatoms. The Hall–Kier alpha value is -2.72. The molecule has 3 rings (SSSR count). The first-order valence-electron chi connectivity index (χ1n) is 9.12. The highest BCUT2D eigenvalue weighted by molar-refractivity contribution is 7.93. The Morgan fingerprint density at radius 2 is 1.90 bits per heavy atom. The lowest BCUT2D eigenvalue weighted by Crippen LogP contribution is -2.24. The number of halogens is 4. The van der Waals surface area contributed by atoms with Crippen molar-refractivity contribution in [2.75, 3.05) is 28.5 Å². The van der Waals surface area contributed by atoms with Crippen LogP contribution in [0.15, 0.2) is 48.5 Å². The van der Waals surface area contributed by atoms with Gasteiger partial charge in [-0.3, -0.25) is 9.10 Å². The van der Waals surface area contributed by atoms with Gasteiger partial charge in [-0.05, 0) is 48.4 Å². The molecule has 1 fully saturated rings. The predicted molar refractivity (Wildman–Crippen MR) is 113 cm³/mol. The van der Waals surface area contributed by atoms with E-state index >= 15 is 0 Å². The fraction of sp³-hybridized carbons (Fsp3) is 0.250. The smallest absolute Gasteiger partial charge is 0.422 e. The molecule has 1 heterocycles. The Balaban J connectivity index is 1.66. The molecule has 0 bridgehead atoms. The molecular formula is C20H18ClF3N2O4S. The largest absolute Gasteiger partial charge is 0.482 e. The van der Waals surface area contributed by atoms with Gasteiger partial charge in [0.2, 0.25) is 15.9 Å². The number of benzene rings is 2. The molecule has 0 unspecified atom stereocenters. The van der Waals surface area contributed by atoms with Crippen molar-refractivity contribution in [2.24, 2.45) is 0 Å². The minimum absolute atomic E-state index is 0.000915. The van der Waals surface area contributed by atoms with Crippen molar-refractivity contribution >= 4 is 45.0 Å². The maximum Gasteiger partial charge on any atom is 0.422 e. The zero-order chi connectivity index (χ0) is 22.6. The number of hydrogen-bond acceptors (Lipinski definition) is 4. The van der Waals surface area contributed by atoms with Gasteiger partial charge < -0.3 is 10.1 Å². The monoisotopic (exact) mass is 474 g/mol. The number of nitrogens with one attached hydrogen (secondary N) is 1. The minimum atomic E-state index is -4.53. The first-order chi connectivity index (χ1) is 14.5. The molecular weight excluding hydrogens is 457 g/mol. The van der Waals surface area contributed by atoms with E-state index in [1.54, 1.807) is 24.3 Å². The maximum atomic E-state index is 12.4. The van der Waals surface area contributed by atoms with Crippen LogP contribution in [0.4, 0.5) is 24.5 Å². The Bertz CT molecular complexity index is 1090. The number of anilines is 2. The molecule has 1 aliphatic rings. The van der Waals surface area contributed by atoms with Gasteiger partial charge in [0, 0.05) is 17.6 Å². The maximum absolute atomic E-state index is 12.4. The zero-order valence-electron chi connectivity index (χ0n) is 16.0. The number of carbonyl (C=O) groups excluding carboxylic acids is 1. The molecule has 2 aromatic carbocycles. The summed E-state index contributed by atoms with van der Waals surface area (Å²) >= 11 is 5.86. The Kier molecular flexibility index (Phi) is 6.80. The molecule has 31 heavy (non-hydrogen) atoms. The molecule has 0 spiro atoms. The lowest BCUT2D eigenvalue weighted by atomic mass is 10.2. The number of rotatable bonds is 6. The van der Waals surface area contributed by atoms with Crippen LogP contribution >= 0.6 is 11.6 Å². The van der Waals surface area contributed by atoms with E-state index in [0.717, 1.165) is 0 Å². The highest BCUT2D eigenvalue weighted by Gasteiger charge is 2.29. The molecule has 0 atom stereocenters. The van der Waals surface area contributed by atoms with Gasteiger partial charge >= 0.3 is 6.18 Å². The summed E-state index contributed by atoms with van der Waals surface area (Å²) in [4.78, 5) is 12.2. The van der Waals surface area contributed by atoms with Gasteiger partial charge in [-0.15, -0.1) is 0 Å². The molecule has 0 aromatic heterocycles. The average molecular weight is 475 g/mol. The predicted octanol–water partition coefficient (Wildman–Crippen LogP) is 4.47. The number of nitrogens with zero attached hydrogens (tertiary/aromatic N) is 1. The van der Waals surface area contributed by atoms with Crippen molar-refractivity contribution in [2.45, 2.75) is 12.6 Å². The van der Waals surface area contributed by atoms with Gasteiger partial charge in [0.25, 0.3) is 0 Å². The van der Waals surface area contributed by atoms with Crippen LogP contribution in [0.2, 0.25) is 5.02 Å². The highest BCUT2D eigenvalue weighted by Crippen LogP contribution is 2.30. The summed E-state index contributed by atoms with van der Waals surface area (Å²) in [5.74, 6) is -0.655. The Morgan fingerprint density at radius 1 is 1.19 bits per heavy atom. The molecule has 166 valence electrons. The lowest BCUT2D eigenvalue weighted by Gasteiger charge is -2.16. The summed E-state index contributed by atoms with van der Waals surface area (Å²) in [5, 5.41) is 2.65. The van der Waals surface area contributed by atoms with Crippen molar-refractivity contribution in [3.8, 4) is 5.75 Å². The molecule has 0 radical (unpaired) electrons. The highest BCUT2D eigenvalue weighted by atomic mass is 35.5. The SMILES string of the molecule is O=C(/C=C/c1ccc(N2CCCS2(=O)=O)cc1)Nc1cc(Cl)ccc1OCC(F)(F)F. The van der Waals surface area contributed by atoms with Crippen molar-refractivity contribution in [3.05, 3.63) is 59.1 Å². The zero-order valence-corrected chi connectivity index (χ0v) is 17.6. The summed E-state index contributed by atoms with van der Waals surface area (Å²) < 4.78 is 67.2. The minimum Gasteiger partial charge on any atom is -0.482 e. The molecule has 1 amide bonds. The Labute approximate surface area is 182 Å². The lowest BCUT2D eigenvalue weighted by molar-refractivity contribution is -0.153. The number of ether oxygens (including phenoxy) is 1. The van der Waals surface area contributed by atoms with Crippen LogP contribution in [-0.4, -0.2) is 39.4 Å². The van der Waals surface area contributed by atoms with Gasteiger partial charge in [-0.1, -0.05) is 23.7 Å². The third kappa shape index (κ3) is 6.38. The molecule has 2 aromatic rings. The van der Waals surface area contributed by atoms with Crippen LogP contribution in [0, 0.1) is 0 Å². The van der Waals surface area contributed by atoms with E-state index in [-0.39, 0.29) is 22.2 Å². The number of sulfonamides is 1.